The molecule has 1 aromatic heterocycles. The summed E-state index contributed by atoms with van der Waals surface area (Å²) in [6, 6.07) is 4.81. The second-order valence-corrected chi connectivity index (χ2v) is 3.06. The third kappa shape index (κ3) is 1.30. The molecule has 0 amide bonds. The van der Waals surface area contributed by atoms with Crippen LogP contribution in [-0.4, -0.2) is 14.9 Å². The summed E-state index contributed by atoms with van der Waals surface area (Å²) in [4.78, 5) is 16.9. The van der Waals surface area contributed by atoms with Gasteiger partial charge in [-0.25, -0.2) is 4.98 Å². The number of nitro benzene ring substituents is 1. The maximum atomic E-state index is 10.6. The van der Waals surface area contributed by atoms with E-state index in [1.54, 1.807) is 13.0 Å². The largest absolute Gasteiger partial charge is 0.329 e. The number of rotatable bonds is 1. The minimum Gasteiger partial charge on any atom is -0.329 e. The molecule has 0 bridgehead atoms. The molecule has 0 aliphatic heterocycles. The van der Waals surface area contributed by atoms with Crippen molar-refractivity contribution in [3.05, 3.63) is 33.6 Å². The third-order valence-electron chi connectivity index (χ3n) is 2.18. The van der Waals surface area contributed by atoms with Crippen LogP contribution < -0.4 is 0 Å². The first-order chi connectivity index (χ1) is 7.13. The van der Waals surface area contributed by atoms with E-state index >= 15 is 0 Å². The Morgan fingerprint density at radius 1 is 1.60 bits per heavy atom. The zero-order chi connectivity index (χ0) is 11.0. The van der Waals surface area contributed by atoms with E-state index in [9.17, 15) is 10.1 Å². The van der Waals surface area contributed by atoms with Gasteiger partial charge in [0, 0.05) is 6.07 Å². The van der Waals surface area contributed by atoms with Gasteiger partial charge in [-0.05, 0) is 13.0 Å². The highest BCUT2D eigenvalue weighted by Gasteiger charge is 2.15. The highest BCUT2D eigenvalue weighted by Crippen LogP contribution is 2.25. The number of aryl methyl sites for hydroxylation is 1. The number of aromatic amines is 1. The molecular weight excluding hydrogens is 196 g/mol. The Morgan fingerprint density at radius 3 is 2.93 bits per heavy atom. The van der Waals surface area contributed by atoms with Gasteiger partial charge < -0.3 is 4.98 Å². The van der Waals surface area contributed by atoms with Crippen molar-refractivity contribution in [1.82, 2.24) is 9.97 Å². The third-order valence-corrected chi connectivity index (χ3v) is 2.18. The average molecular weight is 202 g/mol. The van der Waals surface area contributed by atoms with Gasteiger partial charge in [0.1, 0.15) is 6.07 Å². The van der Waals surface area contributed by atoms with Gasteiger partial charge in [-0.15, -0.1) is 0 Å². The lowest BCUT2D eigenvalue weighted by molar-refractivity contribution is -0.385. The average Bonchev–Trinajstić information content (AvgIpc) is 2.61. The van der Waals surface area contributed by atoms with E-state index in [2.05, 4.69) is 9.97 Å². The number of aromatic nitrogens is 2. The van der Waals surface area contributed by atoms with Crippen LogP contribution in [0.25, 0.3) is 11.0 Å². The molecule has 2 rings (SSSR count). The molecule has 1 aromatic carbocycles. The van der Waals surface area contributed by atoms with Gasteiger partial charge in [-0.3, -0.25) is 10.1 Å². The molecule has 2 aromatic rings. The molecule has 1 heterocycles. The lowest BCUT2D eigenvalue weighted by Gasteiger charge is -1.96. The standard InChI is InChI=1S/C9H6N4O2/c1-5-7(13(14)15)3-2-6-9(5)12-8(4-10)11-6/h2-3H,1H3,(H,11,12). The summed E-state index contributed by atoms with van der Waals surface area (Å²) in [5.41, 5.74) is 1.59. The van der Waals surface area contributed by atoms with Gasteiger partial charge in [0.15, 0.2) is 0 Å². The fourth-order valence-electron chi connectivity index (χ4n) is 1.45. The minimum atomic E-state index is -0.463. The molecule has 0 aliphatic carbocycles. The summed E-state index contributed by atoms with van der Waals surface area (Å²) in [6.07, 6.45) is 0. The molecule has 0 spiro atoms. The molecule has 0 fully saturated rings. The fourth-order valence-corrected chi connectivity index (χ4v) is 1.45. The smallest absolute Gasteiger partial charge is 0.274 e. The second-order valence-electron chi connectivity index (χ2n) is 3.06. The molecule has 74 valence electrons. The van der Waals surface area contributed by atoms with Crippen LogP contribution in [0.5, 0.6) is 0 Å². The quantitative estimate of drug-likeness (QED) is 0.561. The number of hydrogen-bond acceptors (Lipinski definition) is 4. The van der Waals surface area contributed by atoms with Crippen molar-refractivity contribution in [2.24, 2.45) is 0 Å². The topological polar surface area (TPSA) is 95.6 Å². The van der Waals surface area contributed by atoms with Crippen molar-refractivity contribution >= 4 is 16.7 Å². The van der Waals surface area contributed by atoms with Crippen molar-refractivity contribution < 1.29 is 4.92 Å². The summed E-state index contributed by atoms with van der Waals surface area (Å²) in [5, 5.41) is 19.3. The highest BCUT2D eigenvalue weighted by atomic mass is 16.6. The number of fused-ring (bicyclic) bond motifs is 1. The summed E-state index contributed by atoms with van der Waals surface area (Å²) in [7, 11) is 0. The van der Waals surface area contributed by atoms with Gasteiger partial charge in [-0.1, -0.05) is 0 Å². The molecule has 0 radical (unpaired) electrons. The first-order valence-electron chi connectivity index (χ1n) is 4.17. The predicted octanol–water partition coefficient (Wildman–Crippen LogP) is 1.65. The van der Waals surface area contributed by atoms with E-state index < -0.39 is 4.92 Å². The Hall–Kier alpha value is -2.42. The van der Waals surface area contributed by atoms with Gasteiger partial charge in [0.05, 0.1) is 21.5 Å². The van der Waals surface area contributed by atoms with Crippen LogP contribution >= 0.6 is 0 Å². The Morgan fingerprint density at radius 2 is 2.33 bits per heavy atom. The van der Waals surface area contributed by atoms with Crippen LogP contribution in [-0.2, 0) is 0 Å². The fraction of sp³-hybridized carbons (Fsp3) is 0.111. The van der Waals surface area contributed by atoms with Crippen molar-refractivity contribution in [2.45, 2.75) is 6.92 Å². The van der Waals surface area contributed by atoms with E-state index in [4.69, 9.17) is 5.26 Å². The van der Waals surface area contributed by atoms with Gasteiger partial charge in [-0.2, -0.15) is 5.26 Å². The molecular formula is C9H6N4O2. The lowest BCUT2D eigenvalue weighted by atomic mass is 10.1. The van der Waals surface area contributed by atoms with Gasteiger partial charge >= 0.3 is 0 Å². The maximum Gasteiger partial charge on any atom is 0.274 e. The lowest BCUT2D eigenvalue weighted by Crippen LogP contribution is -1.91. The monoisotopic (exact) mass is 202 g/mol. The number of nitrogens with one attached hydrogen (secondary N) is 1. The van der Waals surface area contributed by atoms with Crippen LogP contribution in [0, 0.1) is 28.4 Å². The zero-order valence-corrected chi connectivity index (χ0v) is 7.81. The van der Waals surface area contributed by atoms with E-state index in [0.29, 0.717) is 16.6 Å². The van der Waals surface area contributed by atoms with Gasteiger partial charge in [0.25, 0.3) is 5.69 Å². The van der Waals surface area contributed by atoms with E-state index in [1.807, 2.05) is 6.07 Å². The summed E-state index contributed by atoms with van der Waals surface area (Å²) in [6.45, 7) is 1.61. The molecule has 0 atom stereocenters. The Labute approximate surface area is 84.3 Å². The van der Waals surface area contributed by atoms with Crippen molar-refractivity contribution in [3.63, 3.8) is 0 Å². The maximum absolute atomic E-state index is 10.6. The minimum absolute atomic E-state index is 0.0125. The van der Waals surface area contributed by atoms with Crippen LogP contribution in [0.1, 0.15) is 11.4 Å². The first-order valence-corrected chi connectivity index (χ1v) is 4.17. The van der Waals surface area contributed by atoms with E-state index in [-0.39, 0.29) is 11.5 Å². The first kappa shape index (κ1) is 9.15. The normalized spacial score (nSPS) is 10.1. The molecule has 0 aliphatic rings. The van der Waals surface area contributed by atoms with Crippen molar-refractivity contribution in [2.75, 3.05) is 0 Å². The van der Waals surface area contributed by atoms with Crippen molar-refractivity contribution in [3.8, 4) is 6.07 Å². The molecule has 6 nitrogen and oxygen atoms in total. The van der Waals surface area contributed by atoms with Gasteiger partial charge in [0.2, 0.25) is 5.82 Å². The zero-order valence-electron chi connectivity index (χ0n) is 7.81. The Balaban J connectivity index is 2.79. The summed E-state index contributed by atoms with van der Waals surface area (Å²) >= 11 is 0. The summed E-state index contributed by atoms with van der Waals surface area (Å²) < 4.78 is 0. The number of nitro groups is 1. The van der Waals surface area contributed by atoms with Crippen LogP contribution in [0.3, 0.4) is 0 Å². The molecule has 0 saturated heterocycles. The van der Waals surface area contributed by atoms with Crippen LogP contribution in [0.4, 0.5) is 5.69 Å². The summed E-state index contributed by atoms with van der Waals surface area (Å²) in [5.74, 6) is 0.161. The Bertz CT molecular complexity index is 594. The van der Waals surface area contributed by atoms with Crippen molar-refractivity contribution in [1.29, 1.82) is 5.26 Å². The number of nitriles is 1. The SMILES string of the molecule is Cc1c([N+](=O)[O-])ccc2[nH]c(C#N)nc12. The molecule has 6 heteroatoms. The van der Waals surface area contributed by atoms with Crippen LogP contribution in [0.15, 0.2) is 12.1 Å². The number of hydrogen-bond donors (Lipinski definition) is 1. The number of benzene rings is 1. The molecule has 0 saturated carbocycles. The predicted molar refractivity (Wildman–Crippen MR) is 52.2 cm³/mol. The molecule has 15 heavy (non-hydrogen) atoms. The van der Waals surface area contributed by atoms with Crippen LogP contribution in [0.2, 0.25) is 0 Å². The van der Waals surface area contributed by atoms with E-state index in [0.717, 1.165) is 0 Å². The number of H-pyrrole nitrogens is 1. The molecule has 1 N–H and O–H groups in total. The van der Waals surface area contributed by atoms with E-state index in [1.165, 1.54) is 6.07 Å². The Kier molecular flexibility index (Phi) is 1.87. The number of nitrogens with zero attached hydrogens (tertiary/aromatic N) is 3. The highest BCUT2D eigenvalue weighted by molar-refractivity contribution is 5.82. The second kappa shape index (κ2) is 3.06. The molecule has 0 unspecified atom stereocenters. The number of imidazole rings is 1.